The summed E-state index contributed by atoms with van der Waals surface area (Å²) >= 11 is 0. The highest BCUT2D eigenvalue weighted by atomic mass is 19.1. The smallest absolute Gasteiger partial charge is 0.278 e. The molecule has 2 aromatic rings. The van der Waals surface area contributed by atoms with E-state index in [2.05, 4.69) is 10.4 Å². The summed E-state index contributed by atoms with van der Waals surface area (Å²) in [6.45, 7) is 7.12. The number of hydrogen-bond donors (Lipinski definition) is 1. The molecule has 0 fully saturated rings. The molecule has 0 saturated carbocycles. The van der Waals surface area contributed by atoms with E-state index in [0.29, 0.717) is 6.42 Å². The molecule has 29 heavy (non-hydrogen) atoms. The van der Waals surface area contributed by atoms with Crippen molar-refractivity contribution >= 4 is 11.8 Å². The first-order valence-electron chi connectivity index (χ1n) is 9.15. The number of hydrogen-bond acceptors (Lipinski definition) is 5. The third kappa shape index (κ3) is 5.01. The van der Waals surface area contributed by atoms with Crippen LogP contribution in [0, 0.1) is 5.82 Å². The fourth-order valence-electron chi connectivity index (χ4n) is 2.62. The van der Waals surface area contributed by atoms with Gasteiger partial charge in [-0.1, -0.05) is 13.0 Å². The molecule has 0 aliphatic rings. The lowest BCUT2D eigenvalue weighted by Gasteiger charge is -2.35. The highest BCUT2D eigenvalue weighted by molar-refractivity contribution is 6.00. The fourth-order valence-corrected chi connectivity index (χ4v) is 2.62. The van der Waals surface area contributed by atoms with Crippen molar-refractivity contribution in [2.24, 2.45) is 0 Å². The van der Waals surface area contributed by atoms with Crippen LogP contribution in [-0.2, 0) is 6.42 Å². The van der Waals surface area contributed by atoms with Gasteiger partial charge in [0.25, 0.3) is 11.8 Å². The molecule has 1 aromatic carbocycles. The zero-order valence-electron chi connectivity index (χ0n) is 17.5. The fraction of sp³-hybridized carbons (Fsp3) is 0.381. The first kappa shape index (κ1) is 22.1. The van der Waals surface area contributed by atoms with E-state index in [1.54, 1.807) is 26.8 Å². The van der Waals surface area contributed by atoms with E-state index in [1.165, 1.54) is 38.5 Å². The van der Waals surface area contributed by atoms with Gasteiger partial charge in [0, 0.05) is 6.07 Å². The van der Waals surface area contributed by atoms with Gasteiger partial charge in [-0.15, -0.1) is 0 Å². The van der Waals surface area contributed by atoms with E-state index in [9.17, 15) is 14.0 Å². The number of nitrogens with one attached hydrogen (secondary N) is 1. The number of rotatable bonds is 5. The normalized spacial score (nSPS) is 11.0. The Morgan fingerprint density at radius 2 is 1.76 bits per heavy atom. The summed E-state index contributed by atoms with van der Waals surface area (Å²) in [6.07, 6.45) is 0.648. The molecule has 0 spiro atoms. The number of carbonyl (C=O) groups excluding carboxylic acids is 2. The van der Waals surface area contributed by atoms with Crippen LogP contribution in [-0.4, -0.2) is 41.6 Å². The van der Waals surface area contributed by atoms with Crippen molar-refractivity contribution in [3.8, 4) is 11.8 Å². The maximum Gasteiger partial charge on any atom is 0.278 e. The first-order chi connectivity index (χ1) is 13.6. The molecular weight excluding hydrogens is 377 g/mol. The minimum Gasteiger partial charge on any atom is -0.481 e. The molecule has 0 aliphatic heterocycles. The summed E-state index contributed by atoms with van der Waals surface area (Å²) in [4.78, 5) is 30.0. The van der Waals surface area contributed by atoms with Gasteiger partial charge >= 0.3 is 0 Å². The van der Waals surface area contributed by atoms with Crippen molar-refractivity contribution in [3.63, 3.8) is 0 Å². The summed E-state index contributed by atoms with van der Waals surface area (Å²) in [7, 11) is 2.83. The van der Waals surface area contributed by atoms with Crippen molar-refractivity contribution in [1.29, 1.82) is 0 Å². The number of aryl methyl sites for hydroxylation is 1. The average molecular weight is 403 g/mol. The van der Waals surface area contributed by atoms with Crippen molar-refractivity contribution in [1.82, 2.24) is 15.4 Å². The molecule has 0 bridgehead atoms. The van der Waals surface area contributed by atoms with Crippen LogP contribution in [0.25, 0.3) is 0 Å². The number of benzene rings is 1. The van der Waals surface area contributed by atoms with Gasteiger partial charge in [-0.25, -0.2) is 9.40 Å². The summed E-state index contributed by atoms with van der Waals surface area (Å²) < 4.78 is 24.6. The van der Waals surface area contributed by atoms with Crippen LogP contribution in [0.4, 0.5) is 4.39 Å². The number of halogens is 1. The highest BCUT2D eigenvalue weighted by Gasteiger charge is 2.32. The molecule has 2 rings (SSSR count). The first-order valence-corrected chi connectivity index (χ1v) is 9.15. The van der Waals surface area contributed by atoms with E-state index in [4.69, 9.17) is 9.47 Å². The van der Waals surface area contributed by atoms with Gasteiger partial charge in [0.2, 0.25) is 11.8 Å². The molecule has 2 amide bonds. The van der Waals surface area contributed by atoms with Crippen molar-refractivity contribution in [2.45, 2.75) is 39.7 Å². The number of nitrogens with zero attached hydrogens (tertiary/aromatic N) is 2. The maximum atomic E-state index is 14.4. The molecule has 0 unspecified atom stereocenters. The van der Waals surface area contributed by atoms with Gasteiger partial charge in [0.15, 0.2) is 0 Å². The Balaban J connectivity index is 2.38. The number of amides is 2. The SMILES string of the molecule is CCc1ccc(C(=O)NN(C(=O)c2ccc(OC)nc2OC)C(C)(C)C)c(F)c1. The molecule has 0 saturated heterocycles. The second kappa shape index (κ2) is 8.89. The predicted molar refractivity (Wildman–Crippen MR) is 107 cm³/mol. The monoisotopic (exact) mass is 403 g/mol. The van der Waals surface area contributed by atoms with Crippen LogP contribution < -0.4 is 14.9 Å². The standard InChI is InChI=1S/C21H26FN3O4/c1-7-13-8-9-14(16(22)12-13)18(26)24-25(21(2,3)4)20(27)15-10-11-17(28-5)23-19(15)29-6/h8-12H,7H2,1-6H3,(H,24,26). The highest BCUT2D eigenvalue weighted by Crippen LogP contribution is 2.24. The zero-order valence-corrected chi connectivity index (χ0v) is 17.5. The molecule has 1 heterocycles. The van der Waals surface area contributed by atoms with Crippen LogP contribution in [0.1, 0.15) is 54.0 Å². The molecule has 7 nitrogen and oxygen atoms in total. The van der Waals surface area contributed by atoms with E-state index in [-0.39, 0.29) is 22.9 Å². The van der Waals surface area contributed by atoms with E-state index < -0.39 is 23.2 Å². The van der Waals surface area contributed by atoms with E-state index in [0.717, 1.165) is 10.6 Å². The van der Waals surface area contributed by atoms with Gasteiger partial charge in [0.05, 0.1) is 25.3 Å². The Kier molecular flexibility index (Phi) is 6.79. The third-order valence-electron chi connectivity index (χ3n) is 4.24. The van der Waals surface area contributed by atoms with Crippen LogP contribution in [0.2, 0.25) is 0 Å². The van der Waals surface area contributed by atoms with Gasteiger partial charge in [-0.05, 0) is 51.0 Å². The zero-order chi connectivity index (χ0) is 21.8. The lowest BCUT2D eigenvalue weighted by atomic mass is 10.1. The number of carbonyl (C=O) groups is 2. The molecule has 0 aliphatic carbocycles. The summed E-state index contributed by atoms with van der Waals surface area (Å²) in [5.41, 5.74) is 2.47. The lowest BCUT2D eigenvalue weighted by Crippen LogP contribution is -2.56. The number of ether oxygens (including phenoxy) is 2. The molecule has 156 valence electrons. The largest absolute Gasteiger partial charge is 0.481 e. The molecule has 1 N–H and O–H groups in total. The Labute approximate surface area is 169 Å². The number of pyridine rings is 1. The summed E-state index contributed by atoms with van der Waals surface area (Å²) in [5, 5.41) is 1.13. The van der Waals surface area contributed by atoms with Crippen LogP contribution in [0.3, 0.4) is 0 Å². The lowest BCUT2D eigenvalue weighted by molar-refractivity contribution is 0.0353. The summed E-state index contributed by atoms with van der Waals surface area (Å²) in [5.74, 6) is -1.59. The number of hydrazine groups is 1. The molecular formula is C21H26FN3O4. The van der Waals surface area contributed by atoms with Crippen molar-refractivity contribution in [3.05, 3.63) is 52.8 Å². The number of aromatic nitrogens is 1. The minimum absolute atomic E-state index is 0.0522. The average Bonchev–Trinajstić information content (AvgIpc) is 2.69. The molecule has 1 aromatic heterocycles. The molecule has 0 atom stereocenters. The maximum absolute atomic E-state index is 14.4. The Hall–Kier alpha value is -3.16. The quantitative estimate of drug-likeness (QED) is 0.774. The second-order valence-corrected chi connectivity index (χ2v) is 7.33. The van der Waals surface area contributed by atoms with Crippen LogP contribution in [0.15, 0.2) is 30.3 Å². The van der Waals surface area contributed by atoms with Gasteiger partial charge in [-0.2, -0.15) is 4.98 Å². The van der Waals surface area contributed by atoms with E-state index >= 15 is 0 Å². The van der Waals surface area contributed by atoms with Gasteiger partial charge in [-0.3, -0.25) is 15.0 Å². The predicted octanol–water partition coefficient (Wildman–Crippen LogP) is 3.39. The second-order valence-electron chi connectivity index (χ2n) is 7.33. The molecule has 8 heteroatoms. The van der Waals surface area contributed by atoms with Crippen molar-refractivity contribution in [2.75, 3.05) is 14.2 Å². The Morgan fingerprint density at radius 1 is 1.10 bits per heavy atom. The van der Waals surface area contributed by atoms with Crippen LogP contribution in [0.5, 0.6) is 11.8 Å². The van der Waals surface area contributed by atoms with Gasteiger partial charge in [0.1, 0.15) is 11.4 Å². The minimum atomic E-state index is -0.808. The Morgan fingerprint density at radius 3 is 2.28 bits per heavy atom. The van der Waals surface area contributed by atoms with Crippen LogP contribution >= 0.6 is 0 Å². The molecule has 0 radical (unpaired) electrons. The van der Waals surface area contributed by atoms with Crippen molar-refractivity contribution < 1.29 is 23.5 Å². The third-order valence-corrected chi connectivity index (χ3v) is 4.24. The van der Waals surface area contributed by atoms with Gasteiger partial charge < -0.3 is 9.47 Å². The Bertz CT molecular complexity index is 909. The number of methoxy groups -OCH3 is 2. The van der Waals surface area contributed by atoms with E-state index in [1.807, 2.05) is 6.92 Å². The summed E-state index contributed by atoms with van der Waals surface area (Å²) in [6, 6.07) is 7.41. The topological polar surface area (TPSA) is 80.8 Å².